The van der Waals surface area contributed by atoms with E-state index in [1.165, 1.54) is 6.42 Å². The highest BCUT2D eigenvalue weighted by atomic mass is 15.3. The fraction of sp³-hybridized carbons (Fsp3) is 0.692. The van der Waals surface area contributed by atoms with E-state index in [0.717, 1.165) is 45.0 Å². The fourth-order valence-corrected chi connectivity index (χ4v) is 2.96. The van der Waals surface area contributed by atoms with Gasteiger partial charge in [-0.3, -0.25) is 4.90 Å². The second-order valence-electron chi connectivity index (χ2n) is 5.31. The Hall–Kier alpha value is -1.20. The fourth-order valence-electron chi connectivity index (χ4n) is 2.96. The first-order valence-corrected chi connectivity index (χ1v) is 6.84. The highest BCUT2D eigenvalue weighted by Crippen LogP contribution is 2.22. The summed E-state index contributed by atoms with van der Waals surface area (Å²) in [5.74, 6) is 0.869. The normalized spacial score (nSPS) is 26.7. The minimum absolute atomic E-state index is 0.413. The molecule has 0 saturated carbocycles. The summed E-state index contributed by atoms with van der Waals surface area (Å²) in [6.45, 7) is 4.42. The van der Waals surface area contributed by atoms with Gasteiger partial charge in [-0.25, -0.2) is 9.97 Å². The van der Waals surface area contributed by atoms with Crippen LogP contribution in [0.25, 0.3) is 0 Å². The molecule has 0 radical (unpaired) electrons. The van der Waals surface area contributed by atoms with Crippen molar-refractivity contribution >= 4 is 5.95 Å². The van der Waals surface area contributed by atoms with Gasteiger partial charge in [0.05, 0.1) is 0 Å². The van der Waals surface area contributed by atoms with Crippen LogP contribution >= 0.6 is 0 Å². The van der Waals surface area contributed by atoms with Gasteiger partial charge in [0.15, 0.2) is 0 Å². The van der Waals surface area contributed by atoms with E-state index in [1.807, 2.05) is 18.5 Å². The zero-order chi connectivity index (χ0) is 12.4. The van der Waals surface area contributed by atoms with E-state index in [0.29, 0.717) is 12.1 Å². The van der Waals surface area contributed by atoms with Gasteiger partial charge in [-0.15, -0.1) is 0 Å². The average molecular weight is 247 g/mol. The number of piperidine rings is 1. The molecule has 0 aromatic carbocycles. The van der Waals surface area contributed by atoms with E-state index in [1.54, 1.807) is 0 Å². The van der Waals surface area contributed by atoms with Crippen molar-refractivity contribution in [3.05, 3.63) is 18.5 Å². The Balaban J connectivity index is 1.58. The van der Waals surface area contributed by atoms with Crippen LogP contribution in [-0.2, 0) is 0 Å². The molecule has 98 valence electrons. The minimum Gasteiger partial charge on any atom is -0.339 e. The molecule has 5 nitrogen and oxygen atoms in total. The summed E-state index contributed by atoms with van der Waals surface area (Å²) in [5.41, 5.74) is 5.96. The van der Waals surface area contributed by atoms with Crippen molar-refractivity contribution in [1.29, 1.82) is 0 Å². The van der Waals surface area contributed by atoms with E-state index < -0.39 is 0 Å². The molecule has 2 aliphatic rings. The lowest BCUT2D eigenvalue weighted by Crippen LogP contribution is -2.46. The topological polar surface area (TPSA) is 58.3 Å². The molecule has 0 bridgehead atoms. The van der Waals surface area contributed by atoms with Crippen molar-refractivity contribution in [2.75, 3.05) is 31.1 Å². The minimum atomic E-state index is 0.413. The summed E-state index contributed by atoms with van der Waals surface area (Å²) in [7, 11) is 0. The summed E-state index contributed by atoms with van der Waals surface area (Å²) in [5, 5.41) is 0. The maximum Gasteiger partial charge on any atom is 0.225 e. The molecule has 2 saturated heterocycles. The molecule has 2 aliphatic heterocycles. The number of hydrogen-bond donors (Lipinski definition) is 1. The molecule has 18 heavy (non-hydrogen) atoms. The zero-order valence-electron chi connectivity index (χ0n) is 10.7. The largest absolute Gasteiger partial charge is 0.339 e. The van der Waals surface area contributed by atoms with Crippen molar-refractivity contribution in [3.8, 4) is 0 Å². The van der Waals surface area contributed by atoms with Gasteiger partial charge in [-0.05, 0) is 38.4 Å². The molecule has 1 atom stereocenters. The molecule has 1 aromatic rings. The molecule has 0 amide bonds. The number of anilines is 1. The van der Waals surface area contributed by atoms with Crippen LogP contribution in [-0.4, -0.2) is 53.1 Å². The third-order valence-electron chi connectivity index (χ3n) is 4.09. The standard InChI is InChI=1S/C13H21N5/c14-11-2-7-17(8-3-11)12-4-9-18(10-12)13-15-5-1-6-16-13/h1,5-6,11-12H,2-4,7-10,14H2. The zero-order valence-corrected chi connectivity index (χ0v) is 10.7. The molecule has 0 aliphatic carbocycles. The van der Waals surface area contributed by atoms with Crippen LogP contribution in [0.5, 0.6) is 0 Å². The number of hydrogen-bond acceptors (Lipinski definition) is 5. The van der Waals surface area contributed by atoms with Crippen molar-refractivity contribution in [1.82, 2.24) is 14.9 Å². The van der Waals surface area contributed by atoms with Crippen LogP contribution in [0.2, 0.25) is 0 Å². The van der Waals surface area contributed by atoms with Crippen LogP contribution in [0.15, 0.2) is 18.5 Å². The highest BCUT2D eigenvalue weighted by Gasteiger charge is 2.30. The van der Waals surface area contributed by atoms with Crippen LogP contribution < -0.4 is 10.6 Å². The van der Waals surface area contributed by atoms with E-state index in [9.17, 15) is 0 Å². The maximum absolute atomic E-state index is 5.96. The van der Waals surface area contributed by atoms with Gasteiger partial charge in [0.25, 0.3) is 0 Å². The number of aromatic nitrogens is 2. The summed E-state index contributed by atoms with van der Waals surface area (Å²) in [4.78, 5) is 13.5. The summed E-state index contributed by atoms with van der Waals surface area (Å²) in [6.07, 6.45) is 7.12. The molecule has 1 aromatic heterocycles. The van der Waals surface area contributed by atoms with Gasteiger partial charge in [0, 0.05) is 37.6 Å². The molecule has 3 rings (SSSR count). The van der Waals surface area contributed by atoms with Crippen molar-refractivity contribution < 1.29 is 0 Å². The van der Waals surface area contributed by atoms with E-state index in [-0.39, 0.29) is 0 Å². The number of nitrogens with zero attached hydrogens (tertiary/aromatic N) is 4. The highest BCUT2D eigenvalue weighted by molar-refractivity contribution is 5.31. The Morgan fingerprint density at radius 1 is 1.06 bits per heavy atom. The maximum atomic E-state index is 5.96. The van der Waals surface area contributed by atoms with E-state index >= 15 is 0 Å². The van der Waals surface area contributed by atoms with Gasteiger partial charge in [-0.1, -0.05) is 0 Å². The summed E-state index contributed by atoms with van der Waals surface area (Å²) < 4.78 is 0. The SMILES string of the molecule is NC1CCN(C2CCN(c3ncccn3)C2)CC1. The second kappa shape index (κ2) is 5.20. The summed E-state index contributed by atoms with van der Waals surface area (Å²) >= 11 is 0. The van der Waals surface area contributed by atoms with Gasteiger partial charge < -0.3 is 10.6 Å². The monoisotopic (exact) mass is 247 g/mol. The van der Waals surface area contributed by atoms with Gasteiger partial charge in [0.1, 0.15) is 0 Å². The molecule has 5 heteroatoms. The quantitative estimate of drug-likeness (QED) is 0.823. The Bertz CT molecular complexity index is 374. The van der Waals surface area contributed by atoms with Crippen molar-refractivity contribution in [2.24, 2.45) is 5.73 Å². The molecule has 2 N–H and O–H groups in total. The number of rotatable bonds is 2. The van der Waals surface area contributed by atoms with Crippen LogP contribution in [0.3, 0.4) is 0 Å². The number of likely N-dealkylation sites (tertiary alicyclic amines) is 1. The lowest BCUT2D eigenvalue weighted by molar-refractivity contribution is 0.163. The lowest BCUT2D eigenvalue weighted by Gasteiger charge is -2.34. The first-order chi connectivity index (χ1) is 8.83. The molecular weight excluding hydrogens is 226 g/mol. The van der Waals surface area contributed by atoms with Gasteiger partial charge in [-0.2, -0.15) is 0 Å². The predicted molar refractivity (Wildman–Crippen MR) is 71.4 cm³/mol. The smallest absolute Gasteiger partial charge is 0.225 e. The molecule has 3 heterocycles. The number of nitrogens with two attached hydrogens (primary N) is 1. The Labute approximate surface area is 108 Å². The van der Waals surface area contributed by atoms with E-state index in [2.05, 4.69) is 19.8 Å². The molecule has 0 spiro atoms. The Morgan fingerprint density at radius 3 is 2.50 bits per heavy atom. The molecule has 2 fully saturated rings. The third-order valence-corrected chi connectivity index (χ3v) is 4.09. The van der Waals surface area contributed by atoms with Crippen molar-refractivity contribution in [2.45, 2.75) is 31.3 Å². The van der Waals surface area contributed by atoms with Crippen LogP contribution in [0.4, 0.5) is 5.95 Å². The van der Waals surface area contributed by atoms with E-state index in [4.69, 9.17) is 5.73 Å². The lowest BCUT2D eigenvalue weighted by atomic mass is 10.0. The van der Waals surface area contributed by atoms with Crippen molar-refractivity contribution in [3.63, 3.8) is 0 Å². The average Bonchev–Trinajstić information content (AvgIpc) is 2.90. The first kappa shape index (κ1) is 11.9. The Kier molecular flexibility index (Phi) is 3.43. The third kappa shape index (κ3) is 2.47. The molecule has 1 unspecified atom stereocenters. The first-order valence-electron chi connectivity index (χ1n) is 6.84. The van der Waals surface area contributed by atoms with Gasteiger partial charge >= 0.3 is 0 Å². The van der Waals surface area contributed by atoms with Gasteiger partial charge in [0.2, 0.25) is 5.95 Å². The summed E-state index contributed by atoms with van der Waals surface area (Å²) in [6, 6.07) is 2.93. The van der Waals surface area contributed by atoms with Crippen LogP contribution in [0, 0.1) is 0 Å². The Morgan fingerprint density at radius 2 is 1.78 bits per heavy atom. The molecular formula is C13H21N5. The second-order valence-corrected chi connectivity index (χ2v) is 5.31. The predicted octanol–water partition coefficient (Wildman–Crippen LogP) is 0.478. The van der Waals surface area contributed by atoms with Crippen LogP contribution in [0.1, 0.15) is 19.3 Å².